The molecule has 30 heavy (non-hydrogen) atoms. The number of rotatable bonds is 5. The van der Waals surface area contributed by atoms with E-state index in [1.54, 1.807) is 11.8 Å². The van der Waals surface area contributed by atoms with Crippen LogP contribution < -0.4 is 11.1 Å². The molecule has 1 aliphatic heterocycles. The van der Waals surface area contributed by atoms with Crippen LogP contribution in [0.15, 0.2) is 61.5 Å². The van der Waals surface area contributed by atoms with Gasteiger partial charge in [0.25, 0.3) is 0 Å². The third kappa shape index (κ3) is 4.16. The zero-order chi connectivity index (χ0) is 21.3. The molecule has 1 saturated heterocycles. The quantitative estimate of drug-likeness (QED) is 0.582. The smallest absolute Gasteiger partial charge is 0.408 e. The van der Waals surface area contributed by atoms with Gasteiger partial charge < -0.3 is 9.73 Å². The van der Waals surface area contributed by atoms with Crippen LogP contribution in [-0.2, 0) is 14.8 Å². The second-order valence-corrected chi connectivity index (χ2v) is 9.91. The van der Waals surface area contributed by atoms with Crippen molar-refractivity contribution in [2.75, 3.05) is 24.7 Å². The molecule has 0 bridgehead atoms. The number of hydrogen-bond acceptors (Lipinski definition) is 6. The monoisotopic (exact) mass is 447 g/mol. The number of oxazole rings is 1. The minimum atomic E-state index is -3.82. The Morgan fingerprint density at radius 3 is 2.90 bits per heavy atom. The van der Waals surface area contributed by atoms with Crippen molar-refractivity contribution < 1.29 is 17.6 Å². The number of piperidine rings is 1. The van der Waals surface area contributed by atoms with E-state index in [0.717, 1.165) is 4.90 Å². The second-order valence-electron chi connectivity index (χ2n) is 7.10. The van der Waals surface area contributed by atoms with Gasteiger partial charge in [0.05, 0.1) is 16.3 Å². The van der Waals surface area contributed by atoms with Gasteiger partial charge in [-0.25, -0.2) is 13.2 Å². The zero-order valence-corrected chi connectivity index (χ0v) is 17.9. The van der Waals surface area contributed by atoms with Gasteiger partial charge in [-0.05, 0) is 49.4 Å². The third-order valence-corrected chi connectivity index (χ3v) is 7.71. The Morgan fingerprint density at radius 2 is 2.10 bits per heavy atom. The molecule has 3 aromatic rings. The van der Waals surface area contributed by atoms with Crippen LogP contribution in [0.5, 0.6) is 0 Å². The lowest BCUT2D eigenvalue weighted by atomic mass is 9.99. The molecular formula is C20H21N3O5S2. The number of aromatic nitrogens is 1. The van der Waals surface area contributed by atoms with Crippen LogP contribution in [0, 0.1) is 5.92 Å². The van der Waals surface area contributed by atoms with Crippen molar-refractivity contribution >= 4 is 44.5 Å². The molecule has 2 N–H and O–H groups in total. The summed E-state index contributed by atoms with van der Waals surface area (Å²) in [5.41, 5.74) is 1.31. The Bertz CT molecular complexity index is 1250. The summed E-state index contributed by atoms with van der Waals surface area (Å²) in [6.45, 7) is 0.439. The summed E-state index contributed by atoms with van der Waals surface area (Å²) in [7, 11) is -3.82. The van der Waals surface area contributed by atoms with E-state index in [-0.39, 0.29) is 22.9 Å². The maximum atomic E-state index is 13.1. The van der Waals surface area contributed by atoms with Gasteiger partial charge in [-0.15, -0.1) is 11.8 Å². The van der Waals surface area contributed by atoms with E-state index >= 15 is 0 Å². The number of nitrogens with zero attached hydrogens (tertiary/aromatic N) is 1. The molecule has 1 aromatic heterocycles. The molecule has 8 nitrogen and oxygen atoms in total. The molecule has 2 aromatic carbocycles. The summed E-state index contributed by atoms with van der Waals surface area (Å²) in [5, 5.41) is 2.90. The number of hydrogen-bond donors (Lipinski definition) is 2. The summed E-state index contributed by atoms with van der Waals surface area (Å²) in [6.07, 6.45) is 3.16. The van der Waals surface area contributed by atoms with Crippen molar-refractivity contribution in [3.05, 3.63) is 53.0 Å². The number of aromatic amines is 1. The van der Waals surface area contributed by atoms with Crippen molar-refractivity contribution in [3.63, 3.8) is 0 Å². The molecule has 0 aliphatic carbocycles. The van der Waals surface area contributed by atoms with Gasteiger partial charge in [-0.1, -0.05) is 6.07 Å². The Kier molecular flexibility index (Phi) is 5.72. The predicted molar refractivity (Wildman–Crippen MR) is 115 cm³/mol. The van der Waals surface area contributed by atoms with Gasteiger partial charge in [-0.2, -0.15) is 4.31 Å². The molecule has 0 unspecified atom stereocenters. The van der Waals surface area contributed by atoms with E-state index in [0.29, 0.717) is 30.6 Å². The highest BCUT2D eigenvalue weighted by atomic mass is 32.2. The largest absolute Gasteiger partial charge is 0.417 e. The van der Waals surface area contributed by atoms with Gasteiger partial charge in [0, 0.05) is 29.7 Å². The third-order valence-electron chi connectivity index (χ3n) is 5.12. The summed E-state index contributed by atoms with van der Waals surface area (Å²) >= 11 is 1.58. The number of anilines is 1. The van der Waals surface area contributed by atoms with E-state index in [9.17, 15) is 18.0 Å². The maximum absolute atomic E-state index is 13.1. The first-order valence-electron chi connectivity index (χ1n) is 9.45. The number of H-pyrrole nitrogens is 1. The molecule has 1 aliphatic rings. The number of carbonyl (C=O) groups is 1. The van der Waals surface area contributed by atoms with E-state index in [1.165, 1.54) is 22.5 Å². The summed E-state index contributed by atoms with van der Waals surface area (Å²) < 4.78 is 32.5. The van der Waals surface area contributed by atoms with E-state index in [2.05, 4.69) is 10.3 Å². The molecule has 0 saturated carbocycles. The van der Waals surface area contributed by atoms with Crippen LogP contribution in [-0.4, -0.2) is 43.0 Å². The number of fused-ring (bicyclic) bond motifs is 1. The fourth-order valence-corrected chi connectivity index (χ4v) is 5.55. The van der Waals surface area contributed by atoms with E-state index in [4.69, 9.17) is 4.42 Å². The van der Waals surface area contributed by atoms with Gasteiger partial charge in [0.1, 0.15) is 0 Å². The average molecular weight is 448 g/mol. The molecule has 4 rings (SSSR count). The molecular weight excluding hydrogens is 426 g/mol. The van der Waals surface area contributed by atoms with Gasteiger partial charge in [-0.3, -0.25) is 9.78 Å². The SMILES string of the molecule is CSc1cccc(NC(=O)[C@@H]2CCCN(S(=O)(=O)c3ccc4[nH]c(=O)oc4c3)C2)c1. The number of sulfonamides is 1. The first-order valence-corrected chi connectivity index (χ1v) is 12.1. The Morgan fingerprint density at radius 1 is 1.27 bits per heavy atom. The normalized spacial score (nSPS) is 17.8. The second kappa shape index (κ2) is 8.29. The lowest BCUT2D eigenvalue weighted by Gasteiger charge is -2.31. The van der Waals surface area contributed by atoms with E-state index in [1.807, 2.05) is 30.5 Å². The Labute approximate surface area is 177 Å². The zero-order valence-electron chi connectivity index (χ0n) is 16.3. The first kappa shape index (κ1) is 20.7. The topological polar surface area (TPSA) is 112 Å². The van der Waals surface area contributed by atoms with Crippen molar-refractivity contribution in [1.82, 2.24) is 9.29 Å². The van der Waals surface area contributed by atoms with Crippen LogP contribution in [0.25, 0.3) is 11.1 Å². The highest BCUT2D eigenvalue weighted by molar-refractivity contribution is 7.98. The van der Waals surface area contributed by atoms with Crippen LogP contribution in [0.1, 0.15) is 12.8 Å². The van der Waals surface area contributed by atoms with Gasteiger partial charge in [0.15, 0.2) is 5.58 Å². The van der Waals surface area contributed by atoms with E-state index < -0.39 is 21.7 Å². The van der Waals surface area contributed by atoms with Gasteiger partial charge in [0.2, 0.25) is 15.9 Å². The lowest BCUT2D eigenvalue weighted by Crippen LogP contribution is -2.43. The van der Waals surface area contributed by atoms with Crippen LogP contribution in [0.2, 0.25) is 0 Å². The Hall–Kier alpha value is -2.56. The van der Waals surface area contributed by atoms with Crippen molar-refractivity contribution in [1.29, 1.82) is 0 Å². The molecule has 1 amide bonds. The summed E-state index contributed by atoms with van der Waals surface area (Å²) in [6, 6.07) is 11.8. The van der Waals surface area contributed by atoms with Crippen LogP contribution >= 0.6 is 11.8 Å². The minimum absolute atomic E-state index is 0.0338. The number of amides is 1. The molecule has 0 spiro atoms. The fourth-order valence-electron chi connectivity index (χ4n) is 3.56. The van der Waals surface area contributed by atoms with Crippen molar-refractivity contribution in [2.45, 2.75) is 22.6 Å². The van der Waals surface area contributed by atoms with Crippen molar-refractivity contribution in [2.24, 2.45) is 5.92 Å². The minimum Gasteiger partial charge on any atom is -0.408 e. The standard InChI is InChI=1S/C20H21N3O5S2/c1-29-15-6-2-5-14(10-15)21-19(24)13-4-3-9-23(12-13)30(26,27)16-7-8-17-18(11-16)28-20(25)22-17/h2,5-8,10-11,13H,3-4,9,12H2,1H3,(H,21,24)(H,22,25)/t13-/m1/s1. The molecule has 158 valence electrons. The highest BCUT2D eigenvalue weighted by Gasteiger charge is 2.33. The molecule has 2 heterocycles. The fraction of sp³-hybridized carbons (Fsp3) is 0.300. The Balaban J connectivity index is 1.51. The number of thioether (sulfide) groups is 1. The number of carbonyl (C=O) groups excluding carboxylic acids is 1. The lowest BCUT2D eigenvalue weighted by molar-refractivity contribution is -0.120. The molecule has 1 fully saturated rings. The molecule has 1 atom stereocenters. The number of benzene rings is 2. The molecule has 10 heteroatoms. The molecule has 0 radical (unpaired) electrons. The predicted octanol–water partition coefficient (Wildman–Crippen LogP) is 2.88. The average Bonchev–Trinajstić information content (AvgIpc) is 3.13. The highest BCUT2D eigenvalue weighted by Crippen LogP contribution is 2.27. The van der Waals surface area contributed by atoms with Gasteiger partial charge >= 0.3 is 5.76 Å². The van der Waals surface area contributed by atoms with Crippen LogP contribution in [0.3, 0.4) is 0 Å². The number of nitrogens with one attached hydrogen (secondary N) is 2. The van der Waals surface area contributed by atoms with Crippen molar-refractivity contribution in [3.8, 4) is 0 Å². The summed E-state index contributed by atoms with van der Waals surface area (Å²) in [5.74, 6) is -1.28. The van der Waals surface area contributed by atoms with Crippen LogP contribution in [0.4, 0.5) is 5.69 Å². The first-order chi connectivity index (χ1) is 14.4. The maximum Gasteiger partial charge on any atom is 0.417 e. The summed E-state index contributed by atoms with van der Waals surface area (Å²) in [4.78, 5) is 27.6.